The number of nitrogens with zero attached hydrogens (tertiary/aromatic N) is 1. The summed E-state index contributed by atoms with van der Waals surface area (Å²) in [7, 11) is 1.51. The summed E-state index contributed by atoms with van der Waals surface area (Å²) >= 11 is 1.71. The molecule has 0 bridgehead atoms. The van der Waals surface area contributed by atoms with Gasteiger partial charge in [0.05, 0.1) is 12.5 Å². The molecule has 2 N–H and O–H groups in total. The summed E-state index contributed by atoms with van der Waals surface area (Å²) in [4.78, 5) is 25.6. The van der Waals surface area contributed by atoms with E-state index in [2.05, 4.69) is 37.1 Å². The van der Waals surface area contributed by atoms with E-state index in [1.54, 1.807) is 11.3 Å². The van der Waals surface area contributed by atoms with Crippen molar-refractivity contribution in [1.29, 1.82) is 0 Å². The van der Waals surface area contributed by atoms with E-state index in [1.807, 2.05) is 49.2 Å². The second-order valence-corrected chi connectivity index (χ2v) is 10.00. The Bertz CT molecular complexity index is 942. The lowest BCUT2D eigenvalue weighted by Crippen LogP contribution is -2.36. The van der Waals surface area contributed by atoms with Crippen LogP contribution in [0.3, 0.4) is 0 Å². The molecule has 8 heteroatoms. The smallest absolute Gasteiger partial charge is 0.312 e. The Balaban J connectivity index is 1.79. The first-order chi connectivity index (χ1) is 15.8. The second-order valence-electron chi connectivity index (χ2n) is 8.71. The van der Waals surface area contributed by atoms with Crippen LogP contribution in [-0.4, -0.2) is 24.6 Å². The molecule has 0 saturated carbocycles. The molecule has 33 heavy (non-hydrogen) atoms. The van der Waals surface area contributed by atoms with Gasteiger partial charge in [0, 0.05) is 34.1 Å². The number of carbonyl (C=O) groups excluding carboxylic acids is 1. The van der Waals surface area contributed by atoms with Crippen molar-refractivity contribution in [2.75, 3.05) is 13.7 Å². The molecule has 1 aliphatic rings. The Hall–Kier alpha value is -2.39. The Kier molecular flexibility index (Phi) is 8.91. The summed E-state index contributed by atoms with van der Waals surface area (Å²) in [6.07, 6.45) is 3.69. The predicted octanol–water partition coefficient (Wildman–Crippen LogP) is 4.95. The van der Waals surface area contributed by atoms with Crippen molar-refractivity contribution in [1.82, 2.24) is 16.0 Å². The van der Waals surface area contributed by atoms with E-state index in [9.17, 15) is 4.79 Å². The monoisotopic (exact) mass is 473 g/mol. The molecule has 0 amide bonds. The van der Waals surface area contributed by atoms with Gasteiger partial charge in [0.1, 0.15) is 13.2 Å². The number of aryl methyl sites for hydroxylation is 1. The van der Waals surface area contributed by atoms with Gasteiger partial charge in [-0.15, -0.1) is 16.9 Å². The van der Waals surface area contributed by atoms with Crippen LogP contribution < -0.4 is 11.0 Å². The minimum absolute atomic E-state index is 0.0147. The molecule has 2 heterocycles. The van der Waals surface area contributed by atoms with Crippen molar-refractivity contribution < 1.29 is 19.3 Å². The van der Waals surface area contributed by atoms with Crippen molar-refractivity contribution >= 4 is 17.3 Å². The van der Waals surface area contributed by atoms with E-state index in [-0.39, 0.29) is 18.5 Å². The predicted molar refractivity (Wildman–Crippen MR) is 130 cm³/mol. The highest BCUT2D eigenvalue weighted by Gasteiger charge is 2.40. The minimum atomic E-state index is -0.706. The van der Waals surface area contributed by atoms with Crippen LogP contribution in [-0.2, 0) is 32.5 Å². The molecule has 0 aliphatic carbocycles. The number of hydrogen-bond donors (Lipinski definition) is 2. The standard InChI is InChI=1S/C25H35N3O4S/c1-6-28-15-21(26-27-28)12-13-22(23-14-20(17-32-30-5)18(2)33-23)25(3,4)24(29)31-16-19-10-8-7-9-11-19/h7-11,14-15,22,26-27H,6,12-13,16-17H2,1-5H3/t22-/m0/s1. The van der Waals surface area contributed by atoms with Gasteiger partial charge in [-0.25, -0.2) is 9.78 Å². The summed E-state index contributed by atoms with van der Waals surface area (Å²) in [5.41, 5.74) is 8.81. The van der Waals surface area contributed by atoms with Gasteiger partial charge in [-0.1, -0.05) is 30.3 Å². The van der Waals surface area contributed by atoms with E-state index in [0.717, 1.165) is 46.0 Å². The summed E-state index contributed by atoms with van der Waals surface area (Å²) in [5.74, 6) is -0.210. The number of rotatable bonds is 12. The lowest BCUT2D eigenvalue weighted by Gasteiger charge is -2.32. The highest BCUT2D eigenvalue weighted by molar-refractivity contribution is 7.12. The topological polar surface area (TPSA) is 72.1 Å². The van der Waals surface area contributed by atoms with E-state index in [1.165, 1.54) is 7.11 Å². The molecule has 1 aromatic carbocycles. The lowest BCUT2D eigenvalue weighted by molar-refractivity contribution is -0.282. The number of allylic oxidation sites excluding steroid dienone is 1. The Morgan fingerprint density at radius 3 is 2.64 bits per heavy atom. The molecular weight excluding hydrogens is 438 g/mol. The Labute approximate surface area is 200 Å². The zero-order valence-corrected chi connectivity index (χ0v) is 21.0. The molecule has 3 rings (SSSR count). The molecule has 0 spiro atoms. The van der Waals surface area contributed by atoms with Crippen molar-refractivity contribution in [3.8, 4) is 0 Å². The number of benzene rings is 1. The molecule has 180 valence electrons. The first-order valence-corrected chi connectivity index (χ1v) is 12.1. The number of hydrogen-bond acceptors (Lipinski definition) is 8. The van der Waals surface area contributed by atoms with Gasteiger partial charge >= 0.3 is 5.97 Å². The van der Waals surface area contributed by atoms with Crippen LogP contribution in [0.1, 0.15) is 60.4 Å². The molecule has 7 nitrogen and oxygen atoms in total. The Morgan fingerprint density at radius 1 is 1.21 bits per heavy atom. The third-order valence-corrected chi connectivity index (χ3v) is 7.25. The van der Waals surface area contributed by atoms with E-state index >= 15 is 0 Å². The van der Waals surface area contributed by atoms with Gasteiger partial charge in [0.2, 0.25) is 0 Å². The second kappa shape index (κ2) is 11.7. The average molecular weight is 474 g/mol. The summed E-state index contributed by atoms with van der Waals surface area (Å²) in [6.45, 7) is 9.65. The van der Waals surface area contributed by atoms with Gasteiger partial charge in [0.15, 0.2) is 0 Å². The maximum atomic E-state index is 13.3. The molecule has 0 radical (unpaired) electrons. The normalized spacial score (nSPS) is 14.7. The Morgan fingerprint density at radius 2 is 1.97 bits per heavy atom. The number of nitrogens with one attached hydrogen (secondary N) is 2. The summed E-state index contributed by atoms with van der Waals surface area (Å²) in [6, 6.07) is 11.9. The highest BCUT2D eigenvalue weighted by atomic mass is 32.1. The molecule has 1 aromatic heterocycles. The first-order valence-electron chi connectivity index (χ1n) is 11.3. The average Bonchev–Trinajstić information content (AvgIpc) is 3.42. The SMILES string of the molecule is CCN1C=C(CC[C@@H](c2cc(COOC)c(C)s2)C(C)(C)C(=O)OCc2ccccc2)NN1. The van der Waals surface area contributed by atoms with Crippen molar-refractivity contribution in [2.45, 2.75) is 59.7 Å². The zero-order chi connectivity index (χ0) is 23.8. The molecular formula is C25H35N3O4S. The van der Waals surface area contributed by atoms with Crippen LogP contribution in [0.2, 0.25) is 0 Å². The molecule has 0 saturated heterocycles. The zero-order valence-electron chi connectivity index (χ0n) is 20.1. The van der Waals surface area contributed by atoms with Gasteiger partial charge in [0.25, 0.3) is 0 Å². The molecule has 1 aliphatic heterocycles. The summed E-state index contributed by atoms with van der Waals surface area (Å²) in [5, 5.41) is 2.00. The number of hydrazine groups is 2. The molecule has 0 unspecified atom stereocenters. The van der Waals surface area contributed by atoms with Crippen molar-refractivity contribution in [3.05, 3.63) is 69.2 Å². The number of thiophene rings is 1. The molecule has 0 fully saturated rings. The van der Waals surface area contributed by atoms with Crippen LogP contribution in [0.5, 0.6) is 0 Å². The molecule has 1 atom stereocenters. The van der Waals surface area contributed by atoms with Crippen LogP contribution in [0.15, 0.2) is 48.3 Å². The molecule has 2 aromatic rings. The maximum absolute atomic E-state index is 13.3. The van der Waals surface area contributed by atoms with Crippen LogP contribution in [0.25, 0.3) is 0 Å². The fourth-order valence-corrected chi connectivity index (χ4v) is 5.24. The van der Waals surface area contributed by atoms with E-state index < -0.39 is 5.41 Å². The van der Waals surface area contributed by atoms with Crippen molar-refractivity contribution in [3.63, 3.8) is 0 Å². The minimum Gasteiger partial charge on any atom is -0.460 e. The largest absolute Gasteiger partial charge is 0.460 e. The van der Waals surface area contributed by atoms with E-state index in [4.69, 9.17) is 14.5 Å². The summed E-state index contributed by atoms with van der Waals surface area (Å²) < 4.78 is 5.77. The van der Waals surface area contributed by atoms with Gasteiger partial charge in [-0.05, 0) is 57.7 Å². The van der Waals surface area contributed by atoms with Crippen LogP contribution in [0.4, 0.5) is 0 Å². The number of esters is 1. The maximum Gasteiger partial charge on any atom is 0.312 e. The van der Waals surface area contributed by atoms with Gasteiger partial charge in [-0.2, -0.15) is 0 Å². The fourth-order valence-electron chi connectivity index (χ4n) is 3.89. The number of ether oxygens (including phenoxy) is 1. The van der Waals surface area contributed by atoms with Crippen LogP contribution in [0, 0.1) is 12.3 Å². The quantitative estimate of drug-likeness (QED) is 0.257. The highest BCUT2D eigenvalue weighted by Crippen LogP contribution is 2.44. The first kappa shape index (κ1) is 25.2. The van der Waals surface area contributed by atoms with Gasteiger partial charge < -0.3 is 10.2 Å². The van der Waals surface area contributed by atoms with Gasteiger partial charge in [-0.3, -0.25) is 9.80 Å². The van der Waals surface area contributed by atoms with E-state index in [0.29, 0.717) is 6.61 Å². The third kappa shape index (κ3) is 6.57. The van der Waals surface area contributed by atoms with Crippen molar-refractivity contribution in [2.24, 2.45) is 5.41 Å². The van der Waals surface area contributed by atoms with Crippen LogP contribution >= 0.6 is 11.3 Å². The fraction of sp³-hybridized carbons (Fsp3) is 0.480. The lowest BCUT2D eigenvalue weighted by atomic mass is 9.75. The third-order valence-electron chi connectivity index (χ3n) is 6.04. The number of carbonyl (C=O) groups is 1.